The fourth-order valence-electron chi connectivity index (χ4n) is 2.57. The Balaban J connectivity index is 1.57. The highest BCUT2D eigenvalue weighted by Crippen LogP contribution is 2.24. The van der Waals surface area contributed by atoms with E-state index in [0.717, 1.165) is 11.1 Å². The van der Waals surface area contributed by atoms with Gasteiger partial charge >= 0.3 is 0 Å². The maximum Gasteiger partial charge on any atom is 0.262 e. The Morgan fingerprint density at radius 3 is 2.15 bits per heavy atom. The number of hydrogen-bond acceptors (Lipinski definition) is 3. The summed E-state index contributed by atoms with van der Waals surface area (Å²) in [6, 6.07) is 23.3. The Kier molecular flexibility index (Phi) is 5.54. The number of methoxy groups -OCH3 is 1. The van der Waals surface area contributed by atoms with Crippen molar-refractivity contribution in [1.29, 1.82) is 0 Å². The first-order valence-electron chi connectivity index (χ1n) is 8.38. The Hall–Kier alpha value is -3.27. The molecule has 0 unspecified atom stereocenters. The van der Waals surface area contributed by atoms with Crippen LogP contribution in [0.5, 0.6) is 11.5 Å². The van der Waals surface area contributed by atoms with Crippen molar-refractivity contribution in [2.45, 2.75) is 6.92 Å². The molecule has 0 bridgehead atoms. The lowest BCUT2D eigenvalue weighted by Crippen LogP contribution is -2.20. The zero-order valence-corrected chi connectivity index (χ0v) is 14.9. The number of nitrogens with one attached hydrogen (secondary N) is 1. The fourth-order valence-corrected chi connectivity index (χ4v) is 2.57. The SMILES string of the molecule is COc1ccccc1NC(=O)COc1ccc(-c2ccc(C)cc2)cc1. The van der Waals surface area contributed by atoms with E-state index in [-0.39, 0.29) is 12.5 Å². The number of ether oxygens (including phenoxy) is 2. The van der Waals surface area contributed by atoms with Gasteiger partial charge in [-0.15, -0.1) is 0 Å². The van der Waals surface area contributed by atoms with Gasteiger partial charge in [-0.3, -0.25) is 4.79 Å². The van der Waals surface area contributed by atoms with E-state index < -0.39 is 0 Å². The van der Waals surface area contributed by atoms with Gasteiger partial charge in [0.05, 0.1) is 12.8 Å². The minimum absolute atomic E-state index is 0.0675. The number of aryl methyl sites for hydroxylation is 1. The Morgan fingerprint density at radius 1 is 0.885 bits per heavy atom. The Labute approximate surface area is 153 Å². The topological polar surface area (TPSA) is 47.6 Å². The van der Waals surface area contributed by atoms with Crippen molar-refractivity contribution in [2.24, 2.45) is 0 Å². The Bertz CT molecular complexity index is 871. The predicted octanol–water partition coefficient (Wildman–Crippen LogP) is 4.69. The predicted molar refractivity (Wildman–Crippen MR) is 104 cm³/mol. The second kappa shape index (κ2) is 8.21. The molecule has 0 atom stereocenters. The molecule has 0 aliphatic carbocycles. The molecule has 0 fully saturated rings. The van der Waals surface area contributed by atoms with Gasteiger partial charge in [-0.05, 0) is 42.3 Å². The van der Waals surface area contributed by atoms with Gasteiger partial charge in [-0.2, -0.15) is 0 Å². The van der Waals surface area contributed by atoms with Gasteiger partial charge in [0.25, 0.3) is 5.91 Å². The van der Waals surface area contributed by atoms with Crippen LogP contribution in [0.2, 0.25) is 0 Å². The summed E-state index contributed by atoms with van der Waals surface area (Å²) >= 11 is 0. The molecule has 0 spiro atoms. The van der Waals surface area contributed by atoms with Crippen LogP contribution in [0.1, 0.15) is 5.56 Å². The van der Waals surface area contributed by atoms with E-state index in [2.05, 4.69) is 36.5 Å². The van der Waals surface area contributed by atoms with Crippen LogP contribution in [-0.2, 0) is 4.79 Å². The van der Waals surface area contributed by atoms with E-state index in [1.54, 1.807) is 19.2 Å². The van der Waals surface area contributed by atoms with Crippen LogP contribution in [0.3, 0.4) is 0 Å². The van der Waals surface area contributed by atoms with Gasteiger partial charge in [-0.25, -0.2) is 0 Å². The van der Waals surface area contributed by atoms with Gasteiger partial charge in [-0.1, -0.05) is 54.1 Å². The summed E-state index contributed by atoms with van der Waals surface area (Å²) in [5, 5.41) is 2.79. The number of hydrogen-bond donors (Lipinski definition) is 1. The lowest BCUT2D eigenvalue weighted by molar-refractivity contribution is -0.118. The van der Waals surface area contributed by atoms with Gasteiger partial charge in [0, 0.05) is 0 Å². The van der Waals surface area contributed by atoms with Crippen LogP contribution in [0.15, 0.2) is 72.8 Å². The maximum absolute atomic E-state index is 12.1. The molecule has 0 aliphatic heterocycles. The summed E-state index contributed by atoms with van der Waals surface area (Å²) in [4.78, 5) is 12.1. The van der Waals surface area contributed by atoms with Crippen molar-refractivity contribution in [1.82, 2.24) is 0 Å². The van der Waals surface area contributed by atoms with E-state index >= 15 is 0 Å². The van der Waals surface area contributed by atoms with Crippen LogP contribution < -0.4 is 14.8 Å². The molecule has 0 aromatic heterocycles. The van der Waals surface area contributed by atoms with Crippen molar-refractivity contribution in [2.75, 3.05) is 19.0 Å². The lowest BCUT2D eigenvalue weighted by Gasteiger charge is -2.11. The summed E-state index contributed by atoms with van der Waals surface area (Å²) in [5.74, 6) is 1.02. The number of carbonyl (C=O) groups excluding carboxylic acids is 1. The number of amides is 1. The van der Waals surface area contributed by atoms with Crippen molar-refractivity contribution >= 4 is 11.6 Å². The van der Waals surface area contributed by atoms with Crippen LogP contribution >= 0.6 is 0 Å². The summed E-state index contributed by atoms with van der Waals surface area (Å²) < 4.78 is 10.8. The molecule has 0 aliphatic rings. The molecule has 0 heterocycles. The zero-order chi connectivity index (χ0) is 18.4. The summed E-state index contributed by atoms with van der Waals surface area (Å²) in [5.41, 5.74) is 4.11. The molecule has 132 valence electrons. The molecule has 3 aromatic rings. The molecule has 3 aromatic carbocycles. The zero-order valence-electron chi connectivity index (χ0n) is 14.9. The summed E-state index contributed by atoms with van der Waals surface area (Å²) in [6.07, 6.45) is 0. The molecule has 0 saturated carbocycles. The highest BCUT2D eigenvalue weighted by Gasteiger charge is 2.08. The lowest BCUT2D eigenvalue weighted by atomic mass is 10.0. The van der Waals surface area contributed by atoms with E-state index in [4.69, 9.17) is 9.47 Å². The van der Waals surface area contributed by atoms with Crippen LogP contribution in [0.25, 0.3) is 11.1 Å². The van der Waals surface area contributed by atoms with Gasteiger partial charge in [0.1, 0.15) is 11.5 Å². The first kappa shape index (κ1) is 17.5. The third-order valence-corrected chi connectivity index (χ3v) is 3.99. The van der Waals surface area contributed by atoms with Crippen molar-refractivity contribution < 1.29 is 14.3 Å². The molecule has 1 amide bonds. The van der Waals surface area contributed by atoms with Crippen molar-refractivity contribution in [3.05, 3.63) is 78.4 Å². The van der Waals surface area contributed by atoms with Gasteiger partial charge in [0.15, 0.2) is 6.61 Å². The average molecular weight is 347 g/mol. The molecular formula is C22H21NO3. The van der Waals surface area contributed by atoms with Gasteiger partial charge < -0.3 is 14.8 Å². The summed E-state index contributed by atoms with van der Waals surface area (Å²) in [7, 11) is 1.57. The summed E-state index contributed by atoms with van der Waals surface area (Å²) in [6.45, 7) is 2.00. The number of para-hydroxylation sites is 2. The van der Waals surface area contributed by atoms with Crippen LogP contribution in [0, 0.1) is 6.92 Å². The van der Waals surface area contributed by atoms with Crippen molar-refractivity contribution in [3.63, 3.8) is 0 Å². The number of rotatable bonds is 6. The third kappa shape index (κ3) is 4.42. The normalized spacial score (nSPS) is 10.2. The Morgan fingerprint density at radius 2 is 1.50 bits per heavy atom. The number of anilines is 1. The third-order valence-electron chi connectivity index (χ3n) is 3.99. The van der Waals surface area contributed by atoms with E-state index in [0.29, 0.717) is 17.2 Å². The van der Waals surface area contributed by atoms with E-state index in [1.165, 1.54) is 5.56 Å². The second-order valence-corrected chi connectivity index (χ2v) is 5.93. The highest BCUT2D eigenvalue weighted by molar-refractivity contribution is 5.93. The molecule has 0 saturated heterocycles. The number of benzene rings is 3. The molecule has 26 heavy (non-hydrogen) atoms. The van der Waals surface area contributed by atoms with Crippen molar-refractivity contribution in [3.8, 4) is 22.6 Å². The number of carbonyl (C=O) groups is 1. The smallest absolute Gasteiger partial charge is 0.262 e. The van der Waals surface area contributed by atoms with E-state index in [1.807, 2.05) is 36.4 Å². The first-order chi connectivity index (χ1) is 12.7. The highest BCUT2D eigenvalue weighted by atomic mass is 16.5. The maximum atomic E-state index is 12.1. The monoisotopic (exact) mass is 347 g/mol. The molecule has 4 heteroatoms. The standard InChI is InChI=1S/C22H21NO3/c1-16-7-9-17(10-8-16)18-11-13-19(14-12-18)26-15-22(24)23-20-5-3-4-6-21(20)25-2/h3-14H,15H2,1-2H3,(H,23,24). The molecule has 1 N–H and O–H groups in total. The average Bonchev–Trinajstić information content (AvgIpc) is 2.68. The second-order valence-electron chi connectivity index (χ2n) is 5.93. The molecule has 3 rings (SSSR count). The van der Waals surface area contributed by atoms with Gasteiger partial charge in [0.2, 0.25) is 0 Å². The van der Waals surface area contributed by atoms with E-state index in [9.17, 15) is 4.79 Å². The minimum atomic E-state index is -0.239. The first-order valence-corrected chi connectivity index (χ1v) is 8.38. The quantitative estimate of drug-likeness (QED) is 0.704. The molecular weight excluding hydrogens is 326 g/mol. The molecule has 4 nitrogen and oxygen atoms in total. The van der Waals surface area contributed by atoms with Crippen LogP contribution in [0.4, 0.5) is 5.69 Å². The minimum Gasteiger partial charge on any atom is -0.495 e. The van der Waals surface area contributed by atoms with Crippen LogP contribution in [-0.4, -0.2) is 19.6 Å². The molecule has 0 radical (unpaired) electrons. The largest absolute Gasteiger partial charge is 0.495 e. The fraction of sp³-hybridized carbons (Fsp3) is 0.136.